The van der Waals surface area contributed by atoms with Crippen LogP contribution in [0, 0.1) is 11.7 Å². The van der Waals surface area contributed by atoms with Crippen molar-refractivity contribution >= 4 is 29.7 Å². The first-order chi connectivity index (χ1) is 19.0. The molecule has 39 heavy (non-hydrogen) atoms. The van der Waals surface area contributed by atoms with E-state index in [1.54, 1.807) is 18.5 Å². The minimum absolute atomic E-state index is 0.0816. The first-order valence-corrected chi connectivity index (χ1v) is 14.0. The van der Waals surface area contributed by atoms with Crippen molar-refractivity contribution in [1.82, 2.24) is 19.7 Å². The largest absolute Gasteiger partial charge is 0.393 e. The van der Waals surface area contributed by atoms with Crippen LogP contribution in [-0.2, 0) is 11.3 Å². The second-order valence-electron chi connectivity index (χ2n) is 10.8. The summed E-state index contributed by atoms with van der Waals surface area (Å²) in [5.41, 5.74) is 2.87. The lowest BCUT2D eigenvalue weighted by Gasteiger charge is -2.43. The number of aliphatic hydroxyl groups excluding tert-OH is 1. The van der Waals surface area contributed by atoms with Crippen molar-refractivity contribution in [3.63, 3.8) is 0 Å². The van der Waals surface area contributed by atoms with E-state index in [4.69, 9.17) is 16.6 Å². The Hall–Kier alpha value is -3.20. The Morgan fingerprint density at radius 1 is 1.15 bits per heavy atom. The Balaban J connectivity index is 1.19. The van der Waals surface area contributed by atoms with Gasteiger partial charge in [-0.3, -0.25) is 4.79 Å². The van der Waals surface area contributed by atoms with Crippen LogP contribution in [0.2, 0.25) is 5.02 Å². The van der Waals surface area contributed by atoms with E-state index in [1.165, 1.54) is 11.6 Å². The van der Waals surface area contributed by atoms with Crippen molar-refractivity contribution < 1.29 is 14.3 Å². The molecule has 0 bridgehead atoms. The standard InChI is InChI=1S/C30H33ClFN5O2/c31-27-7-6-22(15-28(27)32)36-12-9-21-17-35(19-34-29(21)36)18-23-14-24(38)10-13-37(23)30(39)25-8-11-33-16-26(25)20-4-2-1-3-5-20/h1-7,9,12,15,19,23-26,33,38H,8,10-11,13-14,16-18H2/t23?,24?,25-,26+/m1/s1. The SMILES string of the molecule is O=C([C@@H]1CCNC[C@H]1c1ccccc1)N1CCC(O)CC1CN1C=Nc2c(ccn2-c2ccc(Cl)c(F)c2)C1. The van der Waals surface area contributed by atoms with Gasteiger partial charge in [0.2, 0.25) is 5.91 Å². The fraction of sp³-hybridized carbons (Fsp3) is 0.400. The predicted molar refractivity (Wildman–Crippen MR) is 150 cm³/mol. The highest BCUT2D eigenvalue weighted by molar-refractivity contribution is 6.30. The number of rotatable bonds is 5. The molecule has 0 spiro atoms. The third-order valence-corrected chi connectivity index (χ3v) is 8.59. The number of hydrogen-bond acceptors (Lipinski definition) is 5. The maximum Gasteiger partial charge on any atom is 0.226 e. The number of carbonyl (C=O) groups is 1. The lowest BCUT2D eigenvalue weighted by Crippen LogP contribution is -2.55. The minimum Gasteiger partial charge on any atom is -0.393 e. The van der Waals surface area contributed by atoms with Crippen LogP contribution in [0.3, 0.4) is 0 Å². The molecule has 204 valence electrons. The molecule has 0 radical (unpaired) electrons. The quantitative estimate of drug-likeness (QED) is 0.492. The molecule has 2 unspecified atom stereocenters. The third kappa shape index (κ3) is 5.33. The zero-order chi connectivity index (χ0) is 26.9. The van der Waals surface area contributed by atoms with Crippen LogP contribution in [0.25, 0.3) is 5.69 Å². The number of aliphatic hydroxyl groups is 1. The third-order valence-electron chi connectivity index (χ3n) is 8.28. The second kappa shape index (κ2) is 11.1. The molecule has 7 nitrogen and oxygen atoms in total. The van der Waals surface area contributed by atoms with Crippen LogP contribution in [-0.4, -0.2) is 70.0 Å². The van der Waals surface area contributed by atoms with Gasteiger partial charge in [-0.1, -0.05) is 41.9 Å². The highest BCUT2D eigenvalue weighted by Crippen LogP contribution is 2.34. The number of nitrogens with zero attached hydrogens (tertiary/aromatic N) is 4. The van der Waals surface area contributed by atoms with Gasteiger partial charge in [-0.05, 0) is 55.6 Å². The van der Waals surface area contributed by atoms with Crippen molar-refractivity contribution in [2.75, 3.05) is 26.2 Å². The van der Waals surface area contributed by atoms with Gasteiger partial charge in [0, 0.05) is 55.5 Å². The van der Waals surface area contributed by atoms with Gasteiger partial charge in [-0.25, -0.2) is 9.38 Å². The Labute approximate surface area is 232 Å². The normalized spacial score (nSPS) is 25.0. The van der Waals surface area contributed by atoms with Gasteiger partial charge in [0.15, 0.2) is 0 Å². The fourth-order valence-corrected chi connectivity index (χ4v) is 6.38. The van der Waals surface area contributed by atoms with E-state index in [0.717, 1.165) is 30.9 Å². The Kier molecular flexibility index (Phi) is 7.42. The Morgan fingerprint density at radius 3 is 2.82 bits per heavy atom. The number of benzene rings is 2. The predicted octanol–water partition coefficient (Wildman–Crippen LogP) is 4.49. The van der Waals surface area contributed by atoms with E-state index in [2.05, 4.69) is 22.3 Å². The molecule has 9 heteroatoms. The van der Waals surface area contributed by atoms with E-state index >= 15 is 0 Å². The maximum atomic E-state index is 14.1. The van der Waals surface area contributed by atoms with E-state index in [1.807, 2.05) is 39.9 Å². The van der Waals surface area contributed by atoms with Gasteiger partial charge in [0.05, 0.1) is 23.5 Å². The Morgan fingerprint density at radius 2 is 2.00 bits per heavy atom. The molecule has 2 saturated heterocycles. The molecule has 2 fully saturated rings. The first-order valence-electron chi connectivity index (χ1n) is 13.7. The Bertz CT molecular complexity index is 1360. The molecule has 3 aromatic rings. The van der Waals surface area contributed by atoms with E-state index in [9.17, 15) is 14.3 Å². The number of aromatic nitrogens is 1. The van der Waals surface area contributed by atoms with Crippen molar-refractivity contribution in [3.05, 3.63) is 82.8 Å². The van der Waals surface area contributed by atoms with Crippen LogP contribution in [0.5, 0.6) is 0 Å². The number of piperidine rings is 2. The molecule has 4 heterocycles. The maximum absolute atomic E-state index is 14.1. The molecule has 3 aliphatic heterocycles. The van der Waals surface area contributed by atoms with Crippen molar-refractivity contribution in [3.8, 4) is 5.69 Å². The summed E-state index contributed by atoms with van der Waals surface area (Å²) >= 11 is 5.86. The number of aliphatic imine (C=N–C) groups is 1. The molecule has 1 amide bonds. The van der Waals surface area contributed by atoms with Crippen LogP contribution >= 0.6 is 11.6 Å². The fourth-order valence-electron chi connectivity index (χ4n) is 6.27. The molecule has 0 aliphatic carbocycles. The molecule has 0 saturated carbocycles. The number of halogens is 2. The summed E-state index contributed by atoms with van der Waals surface area (Å²) < 4.78 is 15.9. The van der Waals surface area contributed by atoms with E-state index in [0.29, 0.717) is 38.2 Å². The van der Waals surface area contributed by atoms with Gasteiger partial charge in [0.1, 0.15) is 11.6 Å². The molecule has 1 aromatic heterocycles. The van der Waals surface area contributed by atoms with Gasteiger partial charge in [0.25, 0.3) is 0 Å². The number of carbonyl (C=O) groups excluding carboxylic acids is 1. The molecule has 4 atom stereocenters. The van der Waals surface area contributed by atoms with E-state index in [-0.39, 0.29) is 28.8 Å². The number of hydrogen-bond donors (Lipinski definition) is 2. The van der Waals surface area contributed by atoms with Crippen LogP contribution in [0.15, 0.2) is 65.8 Å². The molecular weight excluding hydrogens is 517 g/mol. The van der Waals surface area contributed by atoms with Crippen LogP contribution in [0.4, 0.5) is 10.2 Å². The number of likely N-dealkylation sites (tertiary alicyclic amines) is 1. The molecular formula is C30H33ClFN5O2. The summed E-state index contributed by atoms with van der Waals surface area (Å²) in [4.78, 5) is 22.8. The first kappa shape index (κ1) is 26.0. The summed E-state index contributed by atoms with van der Waals surface area (Å²) in [7, 11) is 0. The molecule has 2 N–H and O–H groups in total. The average molecular weight is 550 g/mol. The highest BCUT2D eigenvalue weighted by Gasteiger charge is 2.39. The number of nitrogens with one attached hydrogen (secondary N) is 1. The lowest BCUT2D eigenvalue weighted by molar-refractivity contribution is -0.142. The summed E-state index contributed by atoms with van der Waals surface area (Å²) in [5.74, 6) is 0.526. The van der Waals surface area contributed by atoms with Crippen molar-refractivity contribution in [1.29, 1.82) is 0 Å². The lowest BCUT2D eigenvalue weighted by atomic mass is 9.80. The summed E-state index contributed by atoms with van der Waals surface area (Å²) in [6.07, 6.45) is 5.21. The monoisotopic (exact) mass is 549 g/mol. The van der Waals surface area contributed by atoms with Crippen LogP contribution in [0.1, 0.15) is 36.3 Å². The topological polar surface area (TPSA) is 73.1 Å². The molecule has 6 rings (SSSR count). The van der Waals surface area contributed by atoms with Gasteiger partial charge < -0.3 is 24.8 Å². The van der Waals surface area contributed by atoms with Crippen LogP contribution < -0.4 is 5.32 Å². The highest BCUT2D eigenvalue weighted by atomic mass is 35.5. The number of fused-ring (bicyclic) bond motifs is 1. The summed E-state index contributed by atoms with van der Waals surface area (Å²) in [6.45, 7) is 3.39. The number of amides is 1. The summed E-state index contributed by atoms with van der Waals surface area (Å²) in [5, 5.41) is 14.1. The van der Waals surface area contributed by atoms with Crippen molar-refractivity contribution in [2.24, 2.45) is 10.9 Å². The zero-order valence-corrected chi connectivity index (χ0v) is 22.5. The molecule has 3 aliphatic rings. The van der Waals surface area contributed by atoms with Gasteiger partial charge in [-0.2, -0.15) is 0 Å². The second-order valence-corrected chi connectivity index (χ2v) is 11.2. The smallest absolute Gasteiger partial charge is 0.226 e. The van der Waals surface area contributed by atoms with E-state index < -0.39 is 11.9 Å². The molecule has 2 aromatic carbocycles. The summed E-state index contributed by atoms with van der Waals surface area (Å²) in [6, 6.07) is 16.9. The zero-order valence-electron chi connectivity index (χ0n) is 21.7. The minimum atomic E-state index is -0.470. The van der Waals surface area contributed by atoms with Crippen molar-refractivity contribution in [2.45, 2.75) is 43.9 Å². The van der Waals surface area contributed by atoms with Gasteiger partial charge >= 0.3 is 0 Å². The average Bonchev–Trinajstić information content (AvgIpc) is 3.38. The van der Waals surface area contributed by atoms with Gasteiger partial charge in [-0.15, -0.1) is 0 Å².